The van der Waals surface area contributed by atoms with E-state index in [4.69, 9.17) is 33.7 Å². The van der Waals surface area contributed by atoms with Gasteiger partial charge in [-0.2, -0.15) is 15.0 Å². The van der Waals surface area contributed by atoms with Gasteiger partial charge < -0.3 is 15.4 Å². The highest BCUT2D eigenvalue weighted by atomic mass is 35.5. The van der Waals surface area contributed by atoms with Gasteiger partial charge in [0.15, 0.2) is 0 Å². The Hall–Kier alpha value is -2.45. The Morgan fingerprint density at radius 2 is 1.80 bits per heavy atom. The first-order valence-corrected chi connectivity index (χ1v) is 8.21. The maximum Gasteiger partial charge on any atom is 0.321 e. The lowest BCUT2D eigenvalue weighted by Crippen LogP contribution is -2.46. The van der Waals surface area contributed by atoms with Gasteiger partial charge in [-0.05, 0) is 12.1 Å². The lowest BCUT2D eigenvalue weighted by Gasteiger charge is -2.38. The van der Waals surface area contributed by atoms with Gasteiger partial charge in [0.05, 0.1) is 40.3 Å². The summed E-state index contributed by atoms with van der Waals surface area (Å²) in [6, 6.07) is 3.64. The molecule has 2 aromatic heterocycles. The van der Waals surface area contributed by atoms with E-state index in [2.05, 4.69) is 29.8 Å². The first-order valence-electron chi connectivity index (χ1n) is 7.45. The fourth-order valence-electron chi connectivity index (χ4n) is 2.64. The third-order valence-corrected chi connectivity index (χ3v) is 4.70. The average Bonchev–Trinajstić information content (AvgIpc) is 2.54. The van der Waals surface area contributed by atoms with E-state index in [1.165, 1.54) is 7.11 Å². The van der Waals surface area contributed by atoms with Crippen LogP contribution in [-0.4, -0.2) is 45.1 Å². The number of rotatable bonds is 3. The fraction of sp³-hybridized carbons (Fsp3) is 0.267. The van der Waals surface area contributed by atoms with E-state index >= 15 is 0 Å². The van der Waals surface area contributed by atoms with Gasteiger partial charge in [0.25, 0.3) is 0 Å². The number of fused-ring (bicyclic) bond motifs is 1. The minimum Gasteiger partial charge on any atom is -0.467 e. The molecule has 2 N–H and O–H groups in total. The molecule has 0 radical (unpaired) electrons. The molecule has 1 aromatic carbocycles. The van der Waals surface area contributed by atoms with Crippen molar-refractivity contribution in [2.24, 2.45) is 0 Å². The summed E-state index contributed by atoms with van der Waals surface area (Å²) >= 11 is 12.1. The highest BCUT2D eigenvalue weighted by Gasteiger charge is 2.32. The Morgan fingerprint density at radius 3 is 2.52 bits per heavy atom. The molecule has 3 heterocycles. The third-order valence-electron chi connectivity index (χ3n) is 3.97. The predicted octanol–water partition coefficient (Wildman–Crippen LogP) is 2.32. The number of halogens is 2. The van der Waals surface area contributed by atoms with Gasteiger partial charge in [-0.15, -0.1) is 0 Å². The van der Waals surface area contributed by atoms with Crippen LogP contribution in [0, 0.1) is 0 Å². The van der Waals surface area contributed by atoms with Crippen molar-refractivity contribution in [1.29, 1.82) is 0 Å². The van der Waals surface area contributed by atoms with E-state index in [0.29, 0.717) is 40.0 Å². The fourth-order valence-corrected chi connectivity index (χ4v) is 2.96. The van der Waals surface area contributed by atoms with Crippen molar-refractivity contribution in [3.05, 3.63) is 34.2 Å². The van der Waals surface area contributed by atoms with Gasteiger partial charge >= 0.3 is 6.01 Å². The summed E-state index contributed by atoms with van der Waals surface area (Å²) in [5, 5.41) is 0.913. The standard InChI is InChI=1S/C15H13Cl2N7O/c1-25-15-22-13(21-14(18)23-15)7-5-24(6-7)12-4-19-10-2-8(16)9(17)3-11(10)20-12/h2-4,7H,5-6H2,1H3,(H2,18,21,22,23). The van der Waals surface area contributed by atoms with Crippen LogP contribution in [0.4, 0.5) is 11.8 Å². The highest BCUT2D eigenvalue weighted by molar-refractivity contribution is 6.42. The smallest absolute Gasteiger partial charge is 0.321 e. The van der Waals surface area contributed by atoms with Gasteiger partial charge in [0.2, 0.25) is 5.95 Å². The Balaban J connectivity index is 1.55. The van der Waals surface area contributed by atoms with Gasteiger partial charge in [-0.25, -0.2) is 4.98 Å². The summed E-state index contributed by atoms with van der Waals surface area (Å²) in [6.07, 6.45) is 1.71. The molecule has 0 amide bonds. The zero-order valence-corrected chi connectivity index (χ0v) is 14.7. The van der Waals surface area contributed by atoms with Crippen molar-refractivity contribution in [2.75, 3.05) is 30.8 Å². The van der Waals surface area contributed by atoms with Crippen LogP contribution in [-0.2, 0) is 0 Å². The molecule has 25 heavy (non-hydrogen) atoms. The number of methoxy groups -OCH3 is 1. The predicted molar refractivity (Wildman–Crippen MR) is 95.3 cm³/mol. The molecule has 0 spiro atoms. The van der Waals surface area contributed by atoms with Gasteiger partial charge in [0.1, 0.15) is 11.6 Å². The molecule has 3 aromatic rings. The molecule has 1 aliphatic rings. The van der Waals surface area contributed by atoms with Crippen LogP contribution in [0.1, 0.15) is 11.7 Å². The maximum absolute atomic E-state index is 6.05. The number of hydrogen-bond acceptors (Lipinski definition) is 8. The van der Waals surface area contributed by atoms with Crippen LogP contribution in [0.25, 0.3) is 11.0 Å². The molecule has 0 atom stereocenters. The van der Waals surface area contributed by atoms with E-state index in [0.717, 1.165) is 5.82 Å². The van der Waals surface area contributed by atoms with E-state index in [1.54, 1.807) is 18.3 Å². The van der Waals surface area contributed by atoms with Gasteiger partial charge in [-0.3, -0.25) is 4.98 Å². The summed E-state index contributed by atoms with van der Waals surface area (Å²) in [4.78, 5) is 23.4. The Morgan fingerprint density at radius 1 is 1.08 bits per heavy atom. The van der Waals surface area contributed by atoms with Gasteiger partial charge in [0, 0.05) is 13.1 Å². The Labute approximate surface area is 153 Å². The molecule has 4 rings (SSSR count). The molecule has 1 fully saturated rings. The van der Waals surface area contributed by atoms with Gasteiger partial charge in [-0.1, -0.05) is 23.2 Å². The minimum atomic E-state index is 0.130. The van der Waals surface area contributed by atoms with Crippen LogP contribution in [0.5, 0.6) is 6.01 Å². The van der Waals surface area contributed by atoms with Crippen molar-refractivity contribution in [3.8, 4) is 6.01 Å². The summed E-state index contributed by atoms with van der Waals surface area (Å²) < 4.78 is 5.03. The molecule has 1 saturated heterocycles. The van der Waals surface area contributed by atoms with Crippen LogP contribution in [0.2, 0.25) is 10.0 Å². The molecule has 0 saturated carbocycles. The molecule has 0 unspecified atom stereocenters. The maximum atomic E-state index is 6.05. The second-order valence-corrected chi connectivity index (χ2v) is 6.44. The molecule has 8 nitrogen and oxygen atoms in total. The number of nitrogens with two attached hydrogens (primary N) is 1. The van der Waals surface area contributed by atoms with Crippen molar-refractivity contribution in [3.63, 3.8) is 0 Å². The van der Waals surface area contributed by atoms with Crippen molar-refractivity contribution >= 4 is 46.0 Å². The van der Waals surface area contributed by atoms with E-state index in [-0.39, 0.29) is 17.9 Å². The number of nitrogen functional groups attached to an aromatic ring is 1. The SMILES string of the molecule is COc1nc(N)nc(C2CN(c3cnc4cc(Cl)c(Cl)cc4n3)C2)n1. The summed E-state index contributed by atoms with van der Waals surface area (Å²) in [6.45, 7) is 1.40. The number of aromatic nitrogens is 5. The highest BCUT2D eigenvalue weighted by Crippen LogP contribution is 2.31. The summed E-state index contributed by atoms with van der Waals surface area (Å²) in [7, 11) is 1.49. The number of anilines is 2. The quantitative estimate of drug-likeness (QED) is 0.741. The largest absolute Gasteiger partial charge is 0.467 e. The number of ether oxygens (including phenoxy) is 1. The van der Waals surface area contributed by atoms with E-state index in [9.17, 15) is 0 Å². The van der Waals surface area contributed by atoms with Crippen LogP contribution in [0.3, 0.4) is 0 Å². The second kappa shape index (κ2) is 6.12. The molecule has 0 bridgehead atoms. The Kier molecular flexibility index (Phi) is 3.93. The van der Waals surface area contributed by atoms with Crippen molar-refractivity contribution in [2.45, 2.75) is 5.92 Å². The molecule has 10 heteroatoms. The minimum absolute atomic E-state index is 0.130. The van der Waals surface area contributed by atoms with Crippen LogP contribution in [0.15, 0.2) is 18.3 Å². The van der Waals surface area contributed by atoms with Crippen LogP contribution >= 0.6 is 23.2 Å². The topological polar surface area (TPSA) is 103 Å². The monoisotopic (exact) mass is 377 g/mol. The summed E-state index contributed by atoms with van der Waals surface area (Å²) in [5.74, 6) is 1.66. The first-order chi connectivity index (χ1) is 12.0. The second-order valence-electron chi connectivity index (χ2n) is 5.62. The normalized spacial score (nSPS) is 14.6. The average molecular weight is 378 g/mol. The summed E-state index contributed by atoms with van der Waals surface area (Å²) in [5.41, 5.74) is 7.08. The Bertz CT molecular complexity index is 962. The number of nitrogens with zero attached hydrogens (tertiary/aromatic N) is 6. The van der Waals surface area contributed by atoms with E-state index in [1.807, 2.05) is 0 Å². The lowest BCUT2D eigenvalue weighted by atomic mass is 9.99. The third kappa shape index (κ3) is 2.98. The molecular weight excluding hydrogens is 365 g/mol. The number of benzene rings is 1. The zero-order chi connectivity index (χ0) is 17.6. The zero-order valence-electron chi connectivity index (χ0n) is 13.1. The van der Waals surface area contributed by atoms with Crippen molar-refractivity contribution < 1.29 is 4.74 Å². The molecule has 0 aliphatic carbocycles. The molecule has 1 aliphatic heterocycles. The van der Waals surface area contributed by atoms with E-state index < -0.39 is 0 Å². The van der Waals surface area contributed by atoms with Crippen molar-refractivity contribution in [1.82, 2.24) is 24.9 Å². The molecule has 128 valence electrons. The first kappa shape index (κ1) is 16.0. The molecular formula is C15H13Cl2N7O. The van der Waals surface area contributed by atoms with Crippen LogP contribution < -0.4 is 15.4 Å². The number of hydrogen-bond donors (Lipinski definition) is 1. The lowest BCUT2D eigenvalue weighted by molar-refractivity contribution is 0.371.